The van der Waals surface area contributed by atoms with Crippen molar-refractivity contribution in [1.29, 1.82) is 0 Å². The smallest absolute Gasteiger partial charge is 0.311 e. The zero-order chi connectivity index (χ0) is 19.3. The van der Waals surface area contributed by atoms with Gasteiger partial charge in [-0.25, -0.2) is 0 Å². The molecule has 1 saturated carbocycles. The van der Waals surface area contributed by atoms with Gasteiger partial charge in [0.25, 0.3) is 0 Å². The van der Waals surface area contributed by atoms with Crippen LogP contribution in [0.25, 0.3) is 0 Å². The number of carbonyl (C=O) groups is 2. The highest BCUT2D eigenvalue weighted by atomic mass is 16.5. The Morgan fingerprint density at radius 3 is 2.00 bits per heavy atom. The van der Waals surface area contributed by atoms with Gasteiger partial charge in [0.05, 0.1) is 12.8 Å². The third-order valence-corrected chi connectivity index (χ3v) is 5.50. The number of carboxylic acid groups (broad SMARTS) is 1. The van der Waals surface area contributed by atoms with Gasteiger partial charge < -0.3 is 9.84 Å². The minimum Gasteiger partial charge on any atom is -0.481 e. The molecule has 1 aromatic rings. The van der Waals surface area contributed by atoms with Gasteiger partial charge >= 0.3 is 11.9 Å². The molecule has 0 spiro atoms. The van der Waals surface area contributed by atoms with E-state index in [9.17, 15) is 14.7 Å². The molecule has 1 aliphatic carbocycles. The average Bonchev–Trinajstić information content (AvgIpc) is 2.54. The maximum atomic E-state index is 12.8. The largest absolute Gasteiger partial charge is 0.481 e. The first-order valence-electron chi connectivity index (χ1n) is 9.79. The topological polar surface area (TPSA) is 63.6 Å². The van der Waals surface area contributed by atoms with Crippen LogP contribution >= 0.6 is 0 Å². The van der Waals surface area contributed by atoms with Crippen molar-refractivity contribution in [3.63, 3.8) is 0 Å². The van der Waals surface area contributed by atoms with Crippen molar-refractivity contribution in [2.24, 2.45) is 5.41 Å². The molecule has 26 heavy (non-hydrogen) atoms. The van der Waals surface area contributed by atoms with Crippen molar-refractivity contribution in [2.45, 2.75) is 84.5 Å². The molecule has 1 fully saturated rings. The fourth-order valence-corrected chi connectivity index (χ4v) is 4.10. The van der Waals surface area contributed by atoms with Crippen molar-refractivity contribution >= 4 is 11.9 Å². The number of hydrogen-bond donors (Lipinski definition) is 1. The quantitative estimate of drug-likeness (QED) is 0.504. The van der Waals surface area contributed by atoms with Crippen molar-refractivity contribution in [3.05, 3.63) is 29.3 Å². The van der Waals surface area contributed by atoms with Gasteiger partial charge in [0.1, 0.15) is 5.75 Å². The zero-order valence-corrected chi connectivity index (χ0v) is 16.5. The van der Waals surface area contributed by atoms with E-state index in [-0.39, 0.29) is 30.6 Å². The number of para-hydroxylation sites is 1. The molecular formula is C22H32O4. The predicted molar refractivity (Wildman–Crippen MR) is 103 cm³/mol. The molecule has 1 N–H and O–H groups in total. The summed E-state index contributed by atoms with van der Waals surface area (Å²) in [6, 6.07) is 6.02. The van der Waals surface area contributed by atoms with E-state index < -0.39 is 11.4 Å². The molecule has 0 radical (unpaired) electrons. The van der Waals surface area contributed by atoms with Crippen molar-refractivity contribution < 1.29 is 19.4 Å². The van der Waals surface area contributed by atoms with Crippen molar-refractivity contribution in [2.75, 3.05) is 0 Å². The molecule has 144 valence electrons. The highest BCUT2D eigenvalue weighted by Crippen LogP contribution is 2.43. The van der Waals surface area contributed by atoms with Crippen LogP contribution in [0, 0.1) is 5.41 Å². The maximum absolute atomic E-state index is 12.8. The zero-order valence-electron chi connectivity index (χ0n) is 16.5. The van der Waals surface area contributed by atoms with Gasteiger partial charge in [-0.2, -0.15) is 0 Å². The number of hydrogen-bond acceptors (Lipinski definition) is 3. The summed E-state index contributed by atoms with van der Waals surface area (Å²) in [4.78, 5) is 24.1. The molecule has 0 amide bonds. The Labute approximate surface area is 156 Å². The Morgan fingerprint density at radius 1 is 1.00 bits per heavy atom. The van der Waals surface area contributed by atoms with Gasteiger partial charge in [-0.05, 0) is 41.2 Å². The summed E-state index contributed by atoms with van der Waals surface area (Å²) in [5.74, 6) is 0.0374. The number of carbonyl (C=O) groups excluding carboxylic acids is 1. The monoisotopic (exact) mass is 360 g/mol. The summed E-state index contributed by atoms with van der Waals surface area (Å²) in [5, 5.41) is 9.32. The van der Waals surface area contributed by atoms with Gasteiger partial charge in [0.15, 0.2) is 0 Å². The van der Waals surface area contributed by atoms with Crippen molar-refractivity contribution in [3.8, 4) is 5.75 Å². The van der Waals surface area contributed by atoms with Crippen LogP contribution in [0.3, 0.4) is 0 Å². The highest BCUT2D eigenvalue weighted by molar-refractivity contribution is 5.76. The average molecular weight is 360 g/mol. The van der Waals surface area contributed by atoms with E-state index in [0.717, 1.165) is 43.2 Å². The van der Waals surface area contributed by atoms with Gasteiger partial charge in [-0.15, -0.1) is 0 Å². The van der Waals surface area contributed by atoms with E-state index in [2.05, 4.69) is 27.7 Å². The Hall–Kier alpha value is -1.84. The third kappa shape index (κ3) is 5.09. The van der Waals surface area contributed by atoms with Crippen LogP contribution in [0.5, 0.6) is 5.75 Å². The Morgan fingerprint density at radius 2 is 1.54 bits per heavy atom. The molecule has 0 unspecified atom stereocenters. The lowest BCUT2D eigenvalue weighted by molar-refractivity contribution is -0.143. The summed E-state index contributed by atoms with van der Waals surface area (Å²) < 4.78 is 5.88. The number of ether oxygens (including phenoxy) is 1. The van der Waals surface area contributed by atoms with E-state index in [0.29, 0.717) is 5.75 Å². The van der Waals surface area contributed by atoms with E-state index >= 15 is 0 Å². The van der Waals surface area contributed by atoms with E-state index in [1.54, 1.807) is 0 Å². The van der Waals surface area contributed by atoms with Gasteiger partial charge in [0, 0.05) is 0 Å². The van der Waals surface area contributed by atoms with E-state index in [4.69, 9.17) is 4.74 Å². The van der Waals surface area contributed by atoms with E-state index in [1.807, 2.05) is 18.2 Å². The molecule has 0 atom stereocenters. The number of esters is 1. The number of carboxylic acids is 1. The lowest BCUT2D eigenvalue weighted by Gasteiger charge is -2.35. The first kappa shape index (κ1) is 20.5. The van der Waals surface area contributed by atoms with Crippen LogP contribution < -0.4 is 4.74 Å². The summed E-state index contributed by atoms with van der Waals surface area (Å²) in [7, 11) is 0. The van der Waals surface area contributed by atoms with E-state index in [1.165, 1.54) is 0 Å². The van der Waals surface area contributed by atoms with Gasteiger partial charge in [-0.3, -0.25) is 9.59 Å². The molecule has 0 heterocycles. The minimum atomic E-state index is -0.829. The number of rotatable bonds is 7. The standard InChI is InChI=1S/C22H32O4/c1-15(2)17-9-8-10-18(16(3)4)21(17)26-20(25)14-22(13-19(23)24)11-6-5-7-12-22/h8-10,15-16H,5-7,11-14H2,1-4H3,(H,23,24). The molecule has 0 aromatic heterocycles. The molecule has 4 heteroatoms. The SMILES string of the molecule is CC(C)c1cccc(C(C)C)c1OC(=O)CC1(CC(=O)O)CCCCC1. The predicted octanol–water partition coefficient (Wildman–Crippen LogP) is 5.65. The number of benzene rings is 1. The first-order valence-corrected chi connectivity index (χ1v) is 9.79. The molecular weight excluding hydrogens is 328 g/mol. The fraction of sp³-hybridized carbons (Fsp3) is 0.636. The first-order chi connectivity index (χ1) is 12.2. The van der Waals surface area contributed by atoms with Crippen LogP contribution in [0.4, 0.5) is 0 Å². The molecule has 2 rings (SSSR count). The highest BCUT2D eigenvalue weighted by Gasteiger charge is 2.37. The summed E-state index contributed by atoms with van der Waals surface area (Å²) in [6.07, 6.45) is 4.90. The minimum absolute atomic E-state index is 0.0466. The second-order valence-electron chi connectivity index (χ2n) is 8.36. The summed E-state index contributed by atoms with van der Waals surface area (Å²) in [5.41, 5.74) is 1.60. The van der Waals surface area contributed by atoms with Crippen LogP contribution in [0.2, 0.25) is 0 Å². The molecule has 1 aromatic carbocycles. The summed E-state index contributed by atoms with van der Waals surface area (Å²) >= 11 is 0. The lowest BCUT2D eigenvalue weighted by atomic mass is 9.69. The Kier molecular flexibility index (Phi) is 6.85. The second kappa shape index (κ2) is 8.70. The molecule has 4 nitrogen and oxygen atoms in total. The summed E-state index contributed by atoms with van der Waals surface area (Å²) in [6.45, 7) is 8.35. The van der Waals surface area contributed by atoms with Crippen LogP contribution in [0.15, 0.2) is 18.2 Å². The normalized spacial score (nSPS) is 16.7. The third-order valence-electron chi connectivity index (χ3n) is 5.50. The van der Waals surface area contributed by atoms with Crippen molar-refractivity contribution in [1.82, 2.24) is 0 Å². The maximum Gasteiger partial charge on any atom is 0.311 e. The lowest BCUT2D eigenvalue weighted by Crippen LogP contribution is -2.31. The van der Waals surface area contributed by atoms with Gasteiger partial charge in [-0.1, -0.05) is 65.2 Å². The fourth-order valence-electron chi connectivity index (χ4n) is 4.10. The van der Waals surface area contributed by atoms with Gasteiger partial charge in [0.2, 0.25) is 0 Å². The van der Waals surface area contributed by atoms with Crippen LogP contribution in [-0.2, 0) is 9.59 Å². The number of aliphatic carboxylic acids is 1. The molecule has 0 bridgehead atoms. The molecule has 0 aliphatic heterocycles. The van der Waals surface area contributed by atoms with Crippen LogP contribution in [0.1, 0.15) is 95.6 Å². The Bertz CT molecular complexity index is 613. The Balaban J connectivity index is 2.24. The second-order valence-corrected chi connectivity index (χ2v) is 8.36. The molecule has 1 aliphatic rings. The van der Waals surface area contributed by atoms with Crippen LogP contribution in [-0.4, -0.2) is 17.0 Å². The molecule has 0 saturated heterocycles.